The first kappa shape index (κ1) is 16.1. The monoisotopic (exact) mass is 346 g/mol. The average molecular weight is 346 g/mol. The van der Waals surface area contributed by atoms with Gasteiger partial charge in [-0.15, -0.1) is 11.3 Å². The predicted molar refractivity (Wildman–Crippen MR) is 95.1 cm³/mol. The van der Waals surface area contributed by atoms with Crippen LogP contribution in [0.15, 0.2) is 46.5 Å². The van der Waals surface area contributed by atoms with E-state index in [1.807, 2.05) is 24.3 Å². The molecule has 1 unspecified atom stereocenters. The van der Waals surface area contributed by atoms with E-state index in [9.17, 15) is 5.11 Å². The Morgan fingerprint density at radius 3 is 3.00 bits per heavy atom. The molecule has 0 amide bonds. The Bertz CT molecular complexity index is 741. The number of benzene rings is 1. The third-order valence-electron chi connectivity index (χ3n) is 3.44. The fraction of sp³-hybridized carbons (Fsp3) is 0.235. The Labute approximate surface area is 143 Å². The molecule has 0 aliphatic rings. The van der Waals surface area contributed by atoms with Crippen LogP contribution in [0.2, 0.25) is 0 Å². The molecule has 1 aromatic carbocycles. The van der Waals surface area contributed by atoms with E-state index >= 15 is 0 Å². The molecule has 0 saturated heterocycles. The number of rotatable bonds is 7. The highest BCUT2D eigenvalue weighted by molar-refractivity contribution is 7.14. The van der Waals surface area contributed by atoms with Gasteiger partial charge in [0.25, 0.3) is 0 Å². The molecule has 0 bridgehead atoms. The van der Waals surface area contributed by atoms with Gasteiger partial charge in [-0.3, -0.25) is 0 Å². The van der Waals surface area contributed by atoms with Crippen LogP contribution in [0.1, 0.15) is 17.4 Å². The van der Waals surface area contributed by atoms with Gasteiger partial charge in [0.2, 0.25) is 0 Å². The minimum absolute atomic E-state index is 0.471. The summed E-state index contributed by atoms with van der Waals surface area (Å²) in [5.74, 6) is 0.751. The van der Waals surface area contributed by atoms with Crippen molar-refractivity contribution < 1.29 is 9.84 Å². The Kier molecular flexibility index (Phi) is 5.40. The molecule has 0 fully saturated rings. The lowest BCUT2D eigenvalue weighted by molar-refractivity contribution is 0.174. The van der Waals surface area contributed by atoms with Crippen LogP contribution in [0, 0.1) is 0 Å². The molecular weight excluding hydrogens is 328 g/mol. The number of nitrogens with zero attached hydrogens (tertiary/aromatic N) is 1. The molecular formula is C17H18N2O2S2. The highest BCUT2D eigenvalue weighted by Gasteiger charge is 2.09. The predicted octanol–water partition coefficient (Wildman–Crippen LogP) is 3.70. The lowest BCUT2D eigenvalue weighted by Crippen LogP contribution is -2.21. The first-order chi connectivity index (χ1) is 11.3. The number of ether oxygens (including phenoxy) is 1. The van der Waals surface area contributed by atoms with Gasteiger partial charge in [0.1, 0.15) is 10.8 Å². The van der Waals surface area contributed by atoms with E-state index in [2.05, 4.69) is 32.5 Å². The fourth-order valence-corrected chi connectivity index (χ4v) is 3.74. The number of aromatic nitrogens is 1. The second-order valence-electron chi connectivity index (χ2n) is 5.08. The van der Waals surface area contributed by atoms with Gasteiger partial charge in [-0.1, -0.05) is 12.1 Å². The number of hydrogen-bond acceptors (Lipinski definition) is 6. The fourth-order valence-electron chi connectivity index (χ4n) is 2.21. The van der Waals surface area contributed by atoms with Gasteiger partial charge in [0.05, 0.1) is 18.9 Å². The summed E-state index contributed by atoms with van der Waals surface area (Å²) in [6.07, 6.45) is -0.569. The van der Waals surface area contributed by atoms with Crippen molar-refractivity contribution in [1.82, 2.24) is 10.3 Å². The number of thiazole rings is 1. The number of aliphatic hydroxyl groups excluding tert-OH is 1. The van der Waals surface area contributed by atoms with E-state index in [0.717, 1.165) is 22.0 Å². The first-order valence-corrected chi connectivity index (χ1v) is 9.08. The van der Waals surface area contributed by atoms with Crippen LogP contribution in [0.25, 0.3) is 10.6 Å². The van der Waals surface area contributed by atoms with E-state index in [1.54, 1.807) is 29.8 Å². The summed E-state index contributed by atoms with van der Waals surface area (Å²) >= 11 is 3.32. The standard InChI is InChI=1S/C17H18N2O2S2/c1-21-15-4-2-3-12(7-15)16(20)9-18-8-14-11-23-17(19-14)13-5-6-22-10-13/h2-7,10-11,16,18,20H,8-9H2,1H3. The maximum Gasteiger partial charge on any atom is 0.124 e. The first-order valence-electron chi connectivity index (χ1n) is 7.26. The number of methoxy groups -OCH3 is 1. The molecule has 2 heterocycles. The summed E-state index contributed by atoms with van der Waals surface area (Å²) in [5.41, 5.74) is 3.01. The van der Waals surface area contributed by atoms with Crippen molar-refractivity contribution in [2.24, 2.45) is 0 Å². The maximum atomic E-state index is 10.2. The van der Waals surface area contributed by atoms with Crippen LogP contribution in [0.5, 0.6) is 5.75 Å². The molecule has 0 aliphatic heterocycles. The molecule has 2 N–H and O–H groups in total. The maximum absolute atomic E-state index is 10.2. The van der Waals surface area contributed by atoms with E-state index < -0.39 is 6.10 Å². The summed E-state index contributed by atoms with van der Waals surface area (Å²) in [6.45, 7) is 1.11. The molecule has 2 aromatic heterocycles. The normalized spacial score (nSPS) is 12.3. The summed E-state index contributed by atoms with van der Waals surface area (Å²) in [4.78, 5) is 4.61. The Hall–Kier alpha value is -1.73. The number of nitrogens with one attached hydrogen (secondary N) is 1. The third-order valence-corrected chi connectivity index (χ3v) is 5.07. The van der Waals surface area contributed by atoms with Crippen LogP contribution in [-0.4, -0.2) is 23.7 Å². The molecule has 0 spiro atoms. The molecule has 120 valence electrons. The quantitative estimate of drug-likeness (QED) is 0.685. The lowest BCUT2D eigenvalue weighted by Gasteiger charge is -2.12. The van der Waals surface area contributed by atoms with Gasteiger partial charge in [0, 0.05) is 29.4 Å². The van der Waals surface area contributed by atoms with E-state index in [4.69, 9.17) is 4.74 Å². The summed E-state index contributed by atoms with van der Waals surface area (Å²) in [7, 11) is 1.62. The molecule has 23 heavy (non-hydrogen) atoms. The van der Waals surface area contributed by atoms with E-state index in [-0.39, 0.29) is 0 Å². The van der Waals surface area contributed by atoms with Crippen molar-refractivity contribution in [1.29, 1.82) is 0 Å². The van der Waals surface area contributed by atoms with Crippen molar-refractivity contribution in [2.75, 3.05) is 13.7 Å². The lowest BCUT2D eigenvalue weighted by atomic mass is 10.1. The molecule has 4 nitrogen and oxygen atoms in total. The largest absolute Gasteiger partial charge is 0.497 e. The molecule has 1 atom stereocenters. The van der Waals surface area contributed by atoms with Crippen LogP contribution >= 0.6 is 22.7 Å². The zero-order valence-electron chi connectivity index (χ0n) is 12.7. The minimum atomic E-state index is -0.569. The second-order valence-corrected chi connectivity index (χ2v) is 6.72. The number of thiophene rings is 1. The second kappa shape index (κ2) is 7.70. The summed E-state index contributed by atoms with van der Waals surface area (Å²) in [6, 6.07) is 9.57. The van der Waals surface area contributed by atoms with Crippen molar-refractivity contribution in [3.63, 3.8) is 0 Å². The molecule has 3 aromatic rings. The van der Waals surface area contributed by atoms with Crippen LogP contribution in [-0.2, 0) is 6.54 Å². The SMILES string of the molecule is COc1cccc(C(O)CNCc2csc(-c3ccsc3)n2)c1. The zero-order valence-corrected chi connectivity index (χ0v) is 14.4. The number of aliphatic hydroxyl groups is 1. The van der Waals surface area contributed by atoms with Crippen molar-refractivity contribution in [3.05, 3.63) is 57.7 Å². The van der Waals surface area contributed by atoms with Crippen molar-refractivity contribution in [3.8, 4) is 16.3 Å². The molecule has 0 radical (unpaired) electrons. The van der Waals surface area contributed by atoms with E-state index in [0.29, 0.717) is 13.1 Å². The third kappa shape index (κ3) is 4.17. The molecule has 0 aliphatic carbocycles. The van der Waals surface area contributed by atoms with Gasteiger partial charge in [-0.25, -0.2) is 4.98 Å². The zero-order chi connectivity index (χ0) is 16.1. The summed E-state index contributed by atoms with van der Waals surface area (Å²) in [5, 5.41) is 20.7. The van der Waals surface area contributed by atoms with Crippen molar-refractivity contribution in [2.45, 2.75) is 12.6 Å². The van der Waals surface area contributed by atoms with Crippen LogP contribution in [0.4, 0.5) is 0 Å². The highest BCUT2D eigenvalue weighted by Crippen LogP contribution is 2.25. The average Bonchev–Trinajstić information content (AvgIpc) is 3.26. The molecule has 6 heteroatoms. The van der Waals surface area contributed by atoms with Crippen LogP contribution in [0.3, 0.4) is 0 Å². The minimum Gasteiger partial charge on any atom is -0.497 e. The Morgan fingerprint density at radius 2 is 2.22 bits per heavy atom. The molecule has 3 rings (SSSR count). The van der Waals surface area contributed by atoms with Gasteiger partial charge in [-0.2, -0.15) is 11.3 Å². The highest BCUT2D eigenvalue weighted by atomic mass is 32.1. The Morgan fingerprint density at radius 1 is 1.30 bits per heavy atom. The molecule has 0 saturated carbocycles. The van der Waals surface area contributed by atoms with Gasteiger partial charge in [-0.05, 0) is 29.1 Å². The van der Waals surface area contributed by atoms with Crippen LogP contribution < -0.4 is 10.1 Å². The smallest absolute Gasteiger partial charge is 0.124 e. The van der Waals surface area contributed by atoms with E-state index in [1.165, 1.54) is 5.56 Å². The topological polar surface area (TPSA) is 54.4 Å². The number of hydrogen-bond donors (Lipinski definition) is 2. The van der Waals surface area contributed by atoms with Gasteiger partial charge < -0.3 is 15.2 Å². The van der Waals surface area contributed by atoms with Gasteiger partial charge in [0.15, 0.2) is 0 Å². The summed E-state index contributed by atoms with van der Waals surface area (Å²) < 4.78 is 5.18. The van der Waals surface area contributed by atoms with Gasteiger partial charge >= 0.3 is 0 Å². The Balaban J connectivity index is 1.53. The van der Waals surface area contributed by atoms with Crippen molar-refractivity contribution >= 4 is 22.7 Å².